The molecule has 1 fully saturated rings. The van der Waals surface area contributed by atoms with Gasteiger partial charge in [-0.15, -0.1) is 0 Å². The van der Waals surface area contributed by atoms with E-state index in [9.17, 15) is 0 Å². The maximum Gasteiger partial charge on any atom is 0.124 e. The van der Waals surface area contributed by atoms with Gasteiger partial charge >= 0.3 is 0 Å². The Hall–Kier alpha value is -1.07. The Kier molecular flexibility index (Phi) is 4.24. The van der Waals surface area contributed by atoms with Gasteiger partial charge in [-0.2, -0.15) is 0 Å². The molecule has 0 atom stereocenters. The van der Waals surface area contributed by atoms with Gasteiger partial charge in [-0.1, -0.05) is 15.9 Å². The van der Waals surface area contributed by atoms with Crippen LogP contribution in [0.15, 0.2) is 22.7 Å². The van der Waals surface area contributed by atoms with Crippen molar-refractivity contribution in [2.45, 2.75) is 18.9 Å². The van der Waals surface area contributed by atoms with Crippen LogP contribution in [0.2, 0.25) is 0 Å². The molecule has 3 N–H and O–H groups in total. The fourth-order valence-electron chi connectivity index (χ4n) is 2.05. The fourth-order valence-corrected chi connectivity index (χ4v) is 2.39. The summed E-state index contributed by atoms with van der Waals surface area (Å²) in [7, 11) is 1.71. The van der Waals surface area contributed by atoms with Crippen LogP contribution < -0.4 is 10.6 Å². The number of nitrogens with two attached hydrogens (primary N) is 1. The lowest BCUT2D eigenvalue weighted by Gasteiger charge is -2.26. The minimum atomic E-state index is 0.112. The first kappa shape index (κ1) is 13.4. The monoisotopic (exact) mass is 311 g/mol. The molecular weight excluding hydrogens is 294 g/mol. The first-order chi connectivity index (χ1) is 8.63. The van der Waals surface area contributed by atoms with Crippen LogP contribution in [0, 0.1) is 5.41 Å². The van der Waals surface area contributed by atoms with Gasteiger partial charge < -0.3 is 15.4 Å². The Morgan fingerprint density at radius 2 is 2.28 bits per heavy atom. The molecular formula is C13H18BrN3O. The summed E-state index contributed by atoms with van der Waals surface area (Å²) in [6, 6.07) is 6.41. The zero-order valence-electron chi connectivity index (χ0n) is 10.4. The van der Waals surface area contributed by atoms with Crippen molar-refractivity contribution in [2.75, 3.05) is 25.2 Å². The Balaban J connectivity index is 2.32. The number of anilines is 1. The number of methoxy groups -OCH3 is 1. The predicted octanol–water partition coefficient (Wildman–Crippen LogP) is 2.35. The van der Waals surface area contributed by atoms with E-state index in [1.165, 1.54) is 12.8 Å². The molecule has 0 spiro atoms. The number of rotatable bonds is 6. The predicted molar refractivity (Wildman–Crippen MR) is 77.4 cm³/mol. The first-order valence-electron chi connectivity index (χ1n) is 6.03. The highest BCUT2D eigenvalue weighted by Crippen LogP contribution is 2.34. The second-order valence-corrected chi connectivity index (χ2v) is 5.41. The topological polar surface area (TPSA) is 62.3 Å². The summed E-state index contributed by atoms with van der Waals surface area (Å²) in [5.41, 5.74) is 7.48. The van der Waals surface area contributed by atoms with Gasteiger partial charge in [0.2, 0.25) is 0 Å². The smallest absolute Gasteiger partial charge is 0.124 e. The van der Waals surface area contributed by atoms with E-state index in [1.807, 2.05) is 18.2 Å². The highest BCUT2D eigenvalue weighted by atomic mass is 79.9. The van der Waals surface area contributed by atoms with E-state index in [0.717, 1.165) is 22.3 Å². The van der Waals surface area contributed by atoms with Crippen LogP contribution in [0.5, 0.6) is 0 Å². The molecule has 0 saturated heterocycles. The summed E-state index contributed by atoms with van der Waals surface area (Å²) in [5.74, 6) is 0.112. The molecule has 0 amide bonds. The molecule has 5 heteroatoms. The van der Waals surface area contributed by atoms with Crippen LogP contribution in [0.1, 0.15) is 18.4 Å². The minimum absolute atomic E-state index is 0.112. The van der Waals surface area contributed by atoms with Gasteiger partial charge in [0, 0.05) is 35.4 Å². The van der Waals surface area contributed by atoms with Gasteiger partial charge in [-0.3, -0.25) is 5.41 Å². The summed E-state index contributed by atoms with van der Waals surface area (Å²) >= 11 is 3.48. The molecule has 98 valence electrons. The summed E-state index contributed by atoms with van der Waals surface area (Å²) in [5, 5.41) is 7.68. The Labute approximate surface area is 116 Å². The van der Waals surface area contributed by atoms with Gasteiger partial charge in [-0.25, -0.2) is 0 Å². The Bertz CT molecular complexity index is 446. The molecule has 1 aliphatic carbocycles. The van der Waals surface area contributed by atoms with Crippen LogP contribution in [-0.4, -0.2) is 32.1 Å². The van der Waals surface area contributed by atoms with Crippen LogP contribution in [0.25, 0.3) is 0 Å². The van der Waals surface area contributed by atoms with Crippen molar-refractivity contribution in [3.05, 3.63) is 28.2 Å². The summed E-state index contributed by atoms with van der Waals surface area (Å²) in [6.45, 7) is 1.51. The first-order valence-corrected chi connectivity index (χ1v) is 6.82. The zero-order chi connectivity index (χ0) is 13.1. The van der Waals surface area contributed by atoms with Crippen LogP contribution in [-0.2, 0) is 4.74 Å². The standard InChI is InChI=1S/C13H18BrN3O/c1-18-7-6-17(10-3-4-10)12-8-9(14)2-5-11(12)13(15)16/h2,5,8,10H,3-4,6-7H2,1H3,(H3,15,16). The summed E-state index contributed by atoms with van der Waals surface area (Å²) < 4.78 is 6.17. The largest absolute Gasteiger partial charge is 0.384 e. The second kappa shape index (κ2) is 5.71. The van der Waals surface area contributed by atoms with Gasteiger partial charge in [-0.05, 0) is 31.0 Å². The van der Waals surface area contributed by atoms with E-state index < -0.39 is 0 Å². The van der Waals surface area contributed by atoms with E-state index >= 15 is 0 Å². The van der Waals surface area contributed by atoms with E-state index in [2.05, 4.69) is 20.8 Å². The molecule has 2 rings (SSSR count). The van der Waals surface area contributed by atoms with Crippen molar-refractivity contribution >= 4 is 27.5 Å². The van der Waals surface area contributed by atoms with Crippen LogP contribution >= 0.6 is 15.9 Å². The lowest BCUT2D eigenvalue weighted by atomic mass is 10.1. The molecule has 0 heterocycles. The quantitative estimate of drug-likeness (QED) is 0.626. The van der Waals surface area contributed by atoms with Gasteiger partial charge in [0.05, 0.1) is 6.61 Å². The number of hydrogen-bond acceptors (Lipinski definition) is 3. The lowest BCUT2D eigenvalue weighted by molar-refractivity contribution is 0.205. The van der Waals surface area contributed by atoms with Gasteiger partial charge in [0.1, 0.15) is 5.84 Å². The lowest BCUT2D eigenvalue weighted by Crippen LogP contribution is -2.31. The number of nitrogens with zero attached hydrogens (tertiary/aromatic N) is 1. The molecule has 1 aromatic carbocycles. The molecule has 1 aliphatic rings. The van der Waals surface area contributed by atoms with Crippen molar-refractivity contribution < 1.29 is 4.74 Å². The van der Waals surface area contributed by atoms with Crippen molar-refractivity contribution in [1.29, 1.82) is 5.41 Å². The molecule has 1 aromatic rings. The maximum absolute atomic E-state index is 7.68. The number of amidine groups is 1. The highest BCUT2D eigenvalue weighted by Gasteiger charge is 2.30. The van der Waals surface area contributed by atoms with E-state index in [0.29, 0.717) is 12.6 Å². The average Bonchev–Trinajstić information content (AvgIpc) is 3.13. The molecule has 0 unspecified atom stereocenters. The van der Waals surface area contributed by atoms with Gasteiger partial charge in [0.15, 0.2) is 0 Å². The van der Waals surface area contributed by atoms with Crippen LogP contribution in [0.3, 0.4) is 0 Å². The summed E-state index contributed by atoms with van der Waals surface area (Å²) in [4.78, 5) is 2.30. The zero-order valence-corrected chi connectivity index (χ0v) is 12.0. The number of ether oxygens (including phenoxy) is 1. The Morgan fingerprint density at radius 1 is 1.56 bits per heavy atom. The van der Waals surface area contributed by atoms with Gasteiger partial charge in [0.25, 0.3) is 0 Å². The fraction of sp³-hybridized carbons (Fsp3) is 0.462. The Morgan fingerprint density at radius 3 is 2.83 bits per heavy atom. The van der Waals surface area contributed by atoms with Crippen molar-refractivity contribution in [2.24, 2.45) is 5.73 Å². The maximum atomic E-state index is 7.68. The third kappa shape index (κ3) is 3.03. The van der Waals surface area contributed by atoms with Crippen molar-refractivity contribution in [1.82, 2.24) is 0 Å². The number of halogens is 1. The molecule has 0 aliphatic heterocycles. The molecule has 0 bridgehead atoms. The molecule has 4 nitrogen and oxygen atoms in total. The third-order valence-electron chi connectivity index (χ3n) is 3.08. The second-order valence-electron chi connectivity index (χ2n) is 4.49. The third-order valence-corrected chi connectivity index (χ3v) is 3.58. The number of hydrogen-bond donors (Lipinski definition) is 2. The minimum Gasteiger partial charge on any atom is -0.384 e. The van der Waals surface area contributed by atoms with Crippen molar-refractivity contribution in [3.8, 4) is 0 Å². The molecule has 0 radical (unpaired) electrons. The molecule has 1 saturated carbocycles. The van der Waals surface area contributed by atoms with Crippen molar-refractivity contribution in [3.63, 3.8) is 0 Å². The molecule has 0 aromatic heterocycles. The number of benzene rings is 1. The molecule has 18 heavy (non-hydrogen) atoms. The summed E-state index contributed by atoms with van der Waals surface area (Å²) in [6.07, 6.45) is 2.40. The van der Waals surface area contributed by atoms with E-state index in [1.54, 1.807) is 7.11 Å². The van der Waals surface area contributed by atoms with E-state index in [-0.39, 0.29) is 5.84 Å². The SMILES string of the molecule is COCCN(c1cc(Br)ccc1C(=N)N)C1CC1. The highest BCUT2D eigenvalue weighted by molar-refractivity contribution is 9.10. The van der Waals surface area contributed by atoms with Crippen LogP contribution in [0.4, 0.5) is 5.69 Å². The average molecular weight is 312 g/mol. The number of nitrogens with one attached hydrogen (secondary N) is 1. The van der Waals surface area contributed by atoms with E-state index in [4.69, 9.17) is 15.9 Å². The number of nitrogen functional groups attached to an aromatic ring is 1. The normalized spacial score (nSPS) is 14.6.